The van der Waals surface area contributed by atoms with Gasteiger partial charge in [-0.15, -0.1) is 0 Å². The largest absolute Gasteiger partial charge is 0.445 e. The van der Waals surface area contributed by atoms with Gasteiger partial charge in [0.1, 0.15) is 12.4 Å². The molecule has 0 aliphatic carbocycles. The van der Waals surface area contributed by atoms with Gasteiger partial charge in [0.05, 0.1) is 6.04 Å². The van der Waals surface area contributed by atoms with Gasteiger partial charge in [0.2, 0.25) is 11.8 Å². The van der Waals surface area contributed by atoms with Gasteiger partial charge in [0.25, 0.3) is 0 Å². The van der Waals surface area contributed by atoms with Crippen LogP contribution in [-0.2, 0) is 33.9 Å². The zero-order valence-corrected chi connectivity index (χ0v) is 24.1. The van der Waals surface area contributed by atoms with Crippen molar-refractivity contribution in [2.45, 2.75) is 32.0 Å². The molecule has 11 nitrogen and oxygen atoms in total. The van der Waals surface area contributed by atoms with Gasteiger partial charge in [-0.05, 0) is 41.3 Å². The van der Waals surface area contributed by atoms with E-state index in [-0.39, 0.29) is 37.2 Å². The molecule has 1 aliphatic heterocycles. The summed E-state index contributed by atoms with van der Waals surface area (Å²) in [4.78, 5) is 41.8. The Hall–Kier alpha value is -4.74. The zero-order chi connectivity index (χ0) is 30.6. The smallest absolute Gasteiger partial charge is 0.410 e. The fraction of sp³-hybridized carbons (Fsp3) is 0.312. The third-order valence-electron chi connectivity index (χ3n) is 7.17. The van der Waals surface area contributed by atoms with E-state index in [2.05, 4.69) is 10.6 Å². The summed E-state index contributed by atoms with van der Waals surface area (Å²) in [5, 5.41) is 14.0. The molecule has 11 heteroatoms. The van der Waals surface area contributed by atoms with Gasteiger partial charge in [-0.25, -0.2) is 4.79 Å². The van der Waals surface area contributed by atoms with Crippen LogP contribution < -0.4 is 22.1 Å². The van der Waals surface area contributed by atoms with Crippen molar-refractivity contribution >= 4 is 29.4 Å². The van der Waals surface area contributed by atoms with E-state index < -0.39 is 12.1 Å². The monoisotopic (exact) mass is 585 g/mol. The minimum Gasteiger partial charge on any atom is -0.445 e. The Kier molecular flexibility index (Phi) is 11.2. The van der Waals surface area contributed by atoms with Gasteiger partial charge in [-0.3, -0.25) is 15.0 Å². The summed E-state index contributed by atoms with van der Waals surface area (Å²) in [5.74, 6) is -0.284. The van der Waals surface area contributed by atoms with Crippen LogP contribution in [0.5, 0.6) is 0 Å². The number of piperazine rings is 1. The van der Waals surface area contributed by atoms with E-state index in [1.807, 2.05) is 66.7 Å². The summed E-state index contributed by atoms with van der Waals surface area (Å²) in [6, 6.07) is 23.7. The molecule has 7 N–H and O–H groups in total. The van der Waals surface area contributed by atoms with Gasteiger partial charge >= 0.3 is 6.09 Å². The number of carbonyl (C=O) groups is 3. The van der Waals surface area contributed by atoms with E-state index in [0.29, 0.717) is 50.4 Å². The molecule has 0 radical (unpaired) electrons. The van der Waals surface area contributed by atoms with Crippen molar-refractivity contribution in [3.8, 4) is 0 Å². The molecule has 43 heavy (non-hydrogen) atoms. The lowest BCUT2D eigenvalue weighted by Gasteiger charge is -2.36. The number of ether oxygens (including phenoxy) is 1. The van der Waals surface area contributed by atoms with Crippen LogP contribution in [0.3, 0.4) is 0 Å². The number of amidine groups is 1. The molecule has 3 aromatic rings. The maximum absolute atomic E-state index is 13.8. The third-order valence-corrected chi connectivity index (χ3v) is 7.17. The van der Waals surface area contributed by atoms with Crippen molar-refractivity contribution in [3.63, 3.8) is 0 Å². The highest BCUT2D eigenvalue weighted by molar-refractivity contribution is 5.95. The second-order valence-corrected chi connectivity index (χ2v) is 10.4. The van der Waals surface area contributed by atoms with Gasteiger partial charge in [-0.2, -0.15) is 0 Å². The molecule has 3 aromatic carbocycles. The first-order valence-corrected chi connectivity index (χ1v) is 14.3. The van der Waals surface area contributed by atoms with E-state index in [1.165, 1.54) is 0 Å². The van der Waals surface area contributed by atoms with Crippen LogP contribution in [0.25, 0.3) is 0 Å². The molecule has 1 atom stereocenters. The molecule has 1 saturated heterocycles. The first kappa shape index (κ1) is 31.2. The molecule has 0 spiro atoms. The molecule has 0 aromatic heterocycles. The number of benzene rings is 3. The number of nitrogens with two attached hydrogens (primary N) is 2. The Balaban J connectivity index is 1.40. The van der Waals surface area contributed by atoms with E-state index in [0.717, 1.165) is 16.7 Å². The second kappa shape index (κ2) is 15.5. The SMILES string of the molecule is N=C(N)c1cccc(C[C@H](NCc2cccc(NC(=O)CCN)c2)C(=O)N2CCN(C(=O)OCc3ccccc3)CC2)c1. The molecule has 1 heterocycles. The van der Waals surface area contributed by atoms with Crippen LogP contribution in [0.1, 0.15) is 28.7 Å². The molecule has 0 unspecified atom stereocenters. The topological polar surface area (TPSA) is 167 Å². The predicted molar refractivity (Wildman–Crippen MR) is 165 cm³/mol. The quantitative estimate of drug-likeness (QED) is 0.161. The number of carbonyl (C=O) groups excluding carboxylic acids is 3. The number of hydrogen-bond acceptors (Lipinski definition) is 7. The Morgan fingerprint density at radius 1 is 0.860 bits per heavy atom. The molecule has 1 fully saturated rings. The number of anilines is 1. The lowest BCUT2D eigenvalue weighted by Crippen LogP contribution is -2.55. The van der Waals surface area contributed by atoms with Crippen molar-refractivity contribution in [2.75, 3.05) is 38.0 Å². The van der Waals surface area contributed by atoms with Crippen molar-refractivity contribution in [2.24, 2.45) is 11.5 Å². The number of amides is 3. The van der Waals surface area contributed by atoms with E-state index in [1.54, 1.807) is 21.9 Å². The molecule has 3 amide bonds. The molecular weight excluding hydrogens is 546 g/mol. The Morgan fingerprint density at radius 3 is 2.26 bits per heavy atom. The van der Waals surface area contributed by atoms with Crippen LogP contribution in [-0.4, -0.2) is 72.3 Å². The predicted octanol–water partition coefficient (Wildman–Crippen LogP) is 2.44. The molecule has 0 bridgehead atoms. The molecular formula is C32H39N7O4. The number of nitrogens with one attached hydrogen (secondary N) is 3. The average Bonchev–Trinajstić information content (AvgIpc) is 3.02. The first-order valence-electron chi connectivity index (χ1n) is 14.3. The molecule has 1 aliphatic rings. The summed E-state index contributed by atoms with van der Waals surface area (Å²) in [6.45, 7) is 2.36. The maximum atomic E-state index is 13.8. The molecule has 0 saturated carbocycles. The van der Waals surface area contributed by atoms with Crippen molar-refractivity contribution < 1.29 is 19.1 Å². The zero-order valence-electron chi connectivity index (χ0n) is 24.1. The summed E-state index contributed by atoms with van der Waals surface area (Å²) in [7, 11) is 0. The van der Waals surface area contributed by atoms with Crippen molar-refractivity contribution in [3.05, 3.63) is 101 Å². The molecule has 4 rings (SSSR count). The average molecular weight is 586 g/mol. The number of hydrogen-bond donors (Lipinski definition) is 5. The van der Waals surface area contributed by atoms with E-state index in [9.17, 15) is 14.4 Å². The van der Waals surface area contributed by atoms with Crippen LogP contribution in [0, 0.1) is 5.41 Å². The lowest BCUT2D eigenvalue weighted by atomic mass is 10.0. The Morgan fingerprint density at radius 2 is 1.53 bits per heavy atom. The highest BCUT2D eigenvalue weighted by Gasteiger charge is 2.29. The van der Waals surface area contributed by atoms with Crippen LogP contribution >= 0.6 is 0 Å². The summed E-state index contributed by atoms with van der Waals surface area (Å²) in [6.07, 6.45) is 0.216. The highest BCUT2D eigenvalue weighted by Crippen LogP contribution is 2.15. The van der Waals surface area contributed by atoms with Gasteiger partial charge in [0, 0.05) is 56.9 Å². The Labute approximate surface area is 251 Å². The maximum Gasteiger partial charge on any atom is 0.410 e. The van der Waals surface area contributed by atoms with Crippen LogP contribution in [0.15, 0.2) is 78.9 Å². The standard InChI is InChI=1S/C32H39N7O4/c33-13-12-29(40)37-27-11-5-9-25(19-27)21-36-28(20-24-8-4-10-26(18-24)30(34)35)31(41)38-14-16-39(17-15-38)32(42)43-22-23-6-2-1-3-7-23/h1-11,18-19,28,36H,12-17,20-22,33H2,(H3,34,35)(H,37,40)/t28-/m0/s1. The Bertz CT molecular complexity index is 1410. The van der Waals surface area contributed by atoms with Crippen LogP contribution in [0.2, 0.25) is 0 Å². The minimum absolute atomic E-state index is 0.0403. The number of nitrogen functional groups attached to an aromatic ring is 1. The highest BCUT2D eigenvalue weighted by atomic mass is 16.6. The third kappa shape index (κ3) is 9.38. The summed E-state index contributed by atoms with van der Waals surface area (Å²) in [5.41, 5.74) is 15.1. The van der Waals surface area contributed by atoms with Gasteiger partial charge < -0.3 is 36.6 Å². The van der Waals surface area contributed by atoms with Crippen molar-refractivity contribution in [1.29, 1.82) is 5.41 Å². The van der Waals surface area contributed by atoms with E-state index in [4.69, 9.17) is 21.6 Å². The normalized spacial score (nSPS) is 13.7. The van der Waals surface area contributed by atoms with Gasteiger partial charge in [-0.1, -0.05) is 60.7 Å². The first-order chi connectivity index (χ1) is 20.8. The molecule has 226 valence electrons. The fourth-order valence-corrected chi connectivity index (χ4v) is 4.84. The number of rotatable bonds is 12. The van der Waals surface area contributed by atoms with Gasteiger partial charge in [0.15, 0.2) is 0 Å². The van der Waals surface area contributed by atoms with E-state index >= 15 is 0 Å². The summed E-state index contributed by atoms with van der Waals surface area (Å²) < 4.78 is 5.47. The second-order valence-electron chi connectivity index (χ2n) is 10.4. The van der Waals surface area contributed by atoms with Crippen LogP contribution in [0.4, 0.5) is 10.5 Å². The van der Waals surface area contributed by atoms with Crippen molar-refractivity contribution in [1.82, 2.24) is 15.1 Å². The number of nitrogens with zero attached hydrogens (tertiary/aromatic N) is 2. The summed E-state index contributed by atoms with van der Waals surface area (Å²) >= 11 is 0. The minimum atomic E-state index is -0.575. The fourth-order valence-electron chi connectivity index (χ4n) is 4.84. The lowest BCUT2D eigenvalue weighted by molar-refractivity contribution is -0.135.